The fourth-order valence-electron chi connectivity index (χ4n) is 1.62. The molecule has 0 unspecified atom stereocenters. The Morgan fingerprint density at radius 1 is 1.08 bits per heavy atom. The number of aryl methyl sites for hydroxylation is 1. The van der Waals surface area contributed by atoms with Gasteiger partial charge in [-0.2, -0.15) is 0 Å². The highest BCUT2D eigenvalue weighted by Crippen LogP contribution is 2.16. The van der Waals surface area contributed by atoms with Crippen molar-refractivity contribution in [2.45, 2.75) is 25.8 Å². The van der Waals surface area contributed by atoms with E-state index in [0.717, 1.165) is 12.8 Å². The summed E-state index contributed by atoms with van der Waals surface area (Å²) in [5.74, 6) is 0. The first-order chi connectivity index (χ1) is 6.34. The smallest absolute Gasteiger partial charge is 0.0342 e. The number of hydrogen-bond donors (Lipinski definition) is 1. The molecule has 0 spiro atoms. The van der Waals surface area contributed by atoms with Crippen molar-refractivity contribution in [3.8, 4) is 0 Å². The standard InChI is InChI=1S/C12H15N/c1-10-6-8-12(9-7-10)13-11-4-2-3-5-11/h2-3,6-9,11,13H,4-5H2,1H3. The van der Waals surface area contributed by atoms with Crippen LogP contribution in [0.5, 0.6) is 0 Å². The second kappa shape index (κ2) is 3.65. The molecule has 0 aromatic heterocycles. The number of rotatable bonds is 2. The van der Waals surface area contributed by atoms with Crippen LogP contribution in [0.1, 0.15) is 18.4 Å². The van der Waals surface area contributed by atoms with Gasteiger partial charge in [0.2, 0.25) is 0 Å². The molecule has 0 atom stereocenters. The molecule has 1 aliphatic rings. The second-order valence-corrected chi connectivity index (χ2v) is 3.65. The molecule has 0 fully saturated rings. The minimum atomic E-state index is 0.614. The van der Waals surface area contributed by atoms with Crippen molar-refractivity contribution in [2.24, 2.45) is 0 Å². The first-order valence-corrected chi connectivity index (χ1v) is 4.83. The Kier molecular flexibility index (Phi) is 2.35. The third kappa shape index (κ3) is 2.11. The van der Waals surface area contributed by atoms with Crippen LogP contribution < -0.4 is 5.32 Å². The number of benzene rings is 1. The zero-order chi connectivity index (χ0) is 9.10. The molecule has 13 heavy (non-hydrogen) atoms. The van der Waals surface area contributed by atoms with Crippen LogP contribution in [-0.2, 0) is 0 Å². The van der Waals surface area contributed by atoms with Crippen molar-refractivity contribution in [2.75, 3.05) is 5.32 Å². The molecule has 0 heterocycles. The third-order valence-electron chi connectivity index (χ3n) is 2.43. The molecular weight excluding hydrogens is 158 g/mol. The number of hydrogen-bond acceptors (Lipinski definition) is 1. The van der Waals surface area contributed by atoms with Crippen LogP contribution >= 0.6 is 0 Å². The molecule has 1 aromatic rings. The zero-order valence-electron chi connectivity index (χ0n) is 7.96. The van der Waals surface area contributed by atoms with E-state index in [2.05, 4.69) is 48.7 Å². The first-order valence-electron chi connectivity index (χ1n) is 4.83. The van der Waals surface area contributed by atoms with Gasteiger partial charge in [0.05, 0.1) is 0 Å². The predicted octanol–water partition coefficient (Wildman–Crippen LogP) is 3.13. The van der Waals surface area contributed by atoms with Gasteiger partial charge < -0.3 is 5.32 Å². The average Bonchev–Trinajstić information content (AvgIpc) is 2.62. The van der Waals surface area contributed by atoms with E-state index in [-0.39, 0.29) is 0 Å². The van der Waals surface area contributed by atoms with Crippen LogP contribution in [0.4, 0.5) is 5.69 Å². The van der Waals surface area contributed by atoms with E-state index in [1.807, 2.05) is 0 Å². The Bertz CT molecular complexity index is 289. The molecule has 1 nitrogen and oxygen atoms in total. The van der Waals surface area contributed by atoms with Gasteiger partial charge in [0.25, 0.3) is 0 Å². The molecule has 0 saturated carbocycles. The van der Waals surface area contributed by atoms with E-state index in [1.54, 1.807) is 0 Å². The van der Waals surface area contributed by atoms with E-state index in [0.29, 0.717) is 6.04 Å². The lowest BCUT2D eigenvalue weighted by molar-refractivity contribution is 0.787. The number of anilines is 1. The van der Waals surface area contributed by atoms with Crippen LogP contribution in [-0.4, -0.2) is 6.04 Å². The van der Waals surface area contributed by atoms with Gasteiger partial charge in [-0.15, -0.1) is 0 Å². The Morgan fingerprint density at radius 3 is 2.31 bits per heavy atom. The Balaban J connectivity index is 1.97. The SMILES string of the molecule is Cc1ccc(NC2CC=CC2)cc1. The maximum absolute atomic E-state index is 3.51. The Labute approximate surface area is 79.5 Å². The second-order valence-electron chi connectivity index (χ2n) is 3.65. The highest BCUT2D eigenvalue weighted by Gasteiger charge is 2.08. The number of nitrogens with one attached hydrogen (secondary N) is 1. The Hall–Kier alpha value is -1.24. The molecule has 1 aromatic carbocycles. The summed E-state index contributed by atoms with van der Waals surface area (Å²) in [4.78, 5) is 0. The monoisotopic (exact) mass is 173 g/mol. The molecule has 1 heteroatoms. The summed E-state index contributed by atoms with van der Waals surface area (Å²) < 4.78 is 0. The van der Waals surface area contributed by atoms with E-state index >= 15 is 0 Å². The summed E-state index contributed by atoms with van der Waals surface area (Å²) in [6.45, 7) is 2.11. The van der Waals surface area contributed by atoms with E-state index in [9.17, 15) is 0 Å². The lowest BCUT2D eigenvalue weighted by Crippen LogP contribution is -2.14. The van der Waals surface area contributed by atoms with Crippen LogP contribution in [0.2, 0.25) is 0 Å². The largest absolute Gasteiger partial charge is 0.382 e. The van der Waals surface area contributed by atoms with E-state index < -0.39 is 0 Å². The predicted molar refractivity (Wildman–Crippen MR) is 57.0 cm³/mol. The van der Waals surface area contributed by atoms with Gasteiger partial charge >= 0.3 is 0 Å². The van der Waals surface area contributed by atoms with Gasteiger partial charge in [-0.1, -0.05) is 29.8 Å². The van der Waals surface area contributed by atoms with Crippen molar-refractivity contribution >= 4 is 5.69 Å². The molecule has 1 aliphatic carbocycles. The zero-order valence-corrected chi connectivity index (χ0v) is 7.96. The van der Waals surface area contributed by atoms with Gasteiger partial charge in [0.15, 0.2) is 0 Å². The molecule has 1 N–H and O–H groups in total. The molecule has 0 amide bonds. The van der Waals surface area contributed by atoms with Gasteiger partial charge in [0.1, 0.15) is 0 Å². The molecule has 0 bridgehead atoms. The summed E-state index contributed by atoms with van der Waals surface area (Å²) in [7, 11) is 0. The molecule has 0 aliphatic heterocycles. The van der Waals surface area contributed by atoms with Crippen LogP contribution in [0.25, 0.3) is 0 Å². The molecule has 0 radical (unpaired) electrons. The fraction of sp³-hybridized carbons (Fsp3) is 0.333. The van der Waals surface area contributed by atoms with Gasteiger partial charge in [-0.05, 0) is 31.9 Å². The lowest BCUT2D eigenvalue weighted by atomic mass is 10.2. The van der Waals surface area contributed by atoms with Crippen LogP contribution in [0, 0.1) is 6.92 Å². The van der Waals surface area contributed by atoms with Gasteiger partial charge in [-0.3, -0.25) is 0 Å². The molecule has 0 saturated heterocycles. The summed E-state index contributed by atoms with van der Waals surface area (Å²) in [6.07, 6.45) is 6.81. The quantitative estimate of drug-likeness (QED) is 0.677. The first kappa shape index (κ1) is 8.36. The lowest BCUT2D eigenvalue weighted by Gasteiger charge is -2.13. The van der Waals surface area contributed by atoms with Gasteiger partial charge in [0, 0.05) is 11.7 Å². The van der Waals surface area contributed by atoms with E-state index in [1.165, 1.54) is 11.3 Å². The summed E-state index contributed by atoms with van der Waals surface area (Å²) >= 11 is 0. The maximum Gasteiger partial charge on any atom is 0.0342 e. The van der Waals surface area contributed by atoms with Crippen molar-refractivity contribution in [1.82, 2.24) is 0 Å². The van der Waals surface area contributed by atoms with Crippen molar-refractivity contribution in [3.05, 3.63) is 42.0 Å². The average molecular weight is 173 g/mol. The molecular formula is C12H15N. The summed E-state index contributed by atoms with van der Waals surface area (Å²) in [6, 6.07) is 9.19. The molecule has 2 rings (SSSR count). The minimum absolute atomic E-state index is 0.614. The van der Waals surface area contributed by atoms with Gasteiger partial charge in [-0.25, -0.2) is 0 Å². The van der Waals surface area contributed by atoms with Crippen molar-refractivity contribution in [3.63, 3.8) is 0 Å². The molecule has 68 valence electrons. The minimum Gasteiger partial charge on any atom is -0.382 e. The van der Waals surface area contributed by atoms with Crippen LogP contribution in [0.3, 0.4) is 0 Å². The summed E-state index contributed by atoms with van der Waals surface area (Å²) in [5.41, 5.74) is 2.55. The van der Waals surface area contributed by atoms with Crippen molar-refractivity contribution in [1.29, 1.82) is 0 Å². The third-order valence-corrected chi connectivity index (χ3v) is 2.43. The Morgan fingerprint density at radius 2 is 1.69 bits per heavy atom. The summed E-state index contributed by atoms with van der Waals surface area (Å²) in [5, 5.41) is 3.51. The van der Waals surface area contributed by atoms with E-state index in [4.69, 9.17) is 0 Å². The maximum atomic E-state index is 3.51. The topological polar surface area (TPSA) is 12.0 Å². The van der Waals surface area contributed by atoms with Crippen LogP contribution in [0.15, 0.2) is 36.4 Å². The fourth-order valence-corrected chi connectivity index (χ4v) is 1.62. The highest BCUT2D eigenvalue weighted by atomic mass is 14.9. The normalized spacial score (nSPS) is 16.4. The highest BCUT2D eigenvalue weighted by molar-refractivity contribution is 5.45. The van der Waals surface area contributed by atoms with Crippen molar-refractivity contribution < 1.29 is 0 Å².